The van der Waals surface area contributed by atoms with E-state index in [4.69, 9.17) is 9.47 Å². The summed E-state index contributed by atoms with van der Waals surface area (Å²) < 4.78 is 9.66. The van der Waals surface area contributed by atoms with E-state index in [2.05, 4.69) is 4.99 Å². The van der Waals surface area contributed by atoms with Crippen LogP contribution >= 0.6 is 11.8 Å². The van der Waals surface area contributed by atoms with Crippen molar-refractivity contribution in [1.29, 1.82) is 0 Å². The number of carbonyl (C=O) groups is 3. The Labute approximate surface area is 161 Å². The number of methoxy groups -OCH3 is 2. The first kappa shape index (κ1) is 19.2. The monoisotopic (exact) mass is 388 g/mol. The number of carbonyl (C=O) groups excluding carboxylic acids is 3. The van der Waals surface area contributed by atoms with E-state index in [1.54, 1.807) is 36.1 Å². The molecule has 2 aliphatic heterocycles. The molecule has 1 fully saturated rings. The van der Waals surface area contributed by atoms with Gasteiger partial charge >= 0.3 is 11.9 Å². The summed E-state index contributed by atoms with van der Waals surface area (Å²) >= 11 is 1.40. The molecule has 0 aromatic heterocycles. The minimum atomic E-state index is -0.645. The van der Waals surface area contributed by atoms with Gasteiger partial charge in [-0.25, -0.2) is 14.6 Å². The van der Waals surface area contributed by atoms with Crippen molar-refractivity contribution < 1.29 is 23.9 Å². The Morgan fingerprint density at radius 2 is 1.78 bits per heavy atom. The van der Waals surface area contributed by atoms with Crippen LogP contribution in [0.3, 0.4) is 0 Å². The minimum absolute atomic E-state index is 0.0859. The Morgan fingerprint density at radius 3 is 2.33 bits per heavy atom. The van der Waals surface area contributed by atoms with Crippen molar-refractivity contribution in [2.45, 2.75) is 31.6 Å². The predicted molar refractivity (Wildman–Crippen MR) is 101 cm³/mol. The average molecular weight is 388 g/mol. The Bertz CT molecular complexity index is 859. The van der Waals surface area contributed by atoms with Crippen LogP contribution < -0.4 is 0 Å². The molecule has 0 aliphatic carbocycles. The van der Waals surface area contributed by atoms with E-state index in [0.717, 1.165) is 0 Å². The number of nitrogens with zero attached hydrogens (tertiary/aromatic N) is 2. The SMILES string of the molecule is CC[C@@H]1SC2=NC(C)=C(C(=O)OC)[C@@H](c3ccc(C(=O)OC)cc3)N2C1=O. The number of hydrogen-bond acceptors (Lipinski definition) is 7. The first-order chi connectivity index (χ1) is 12.9. The quantitative estimate of drug-likeness (QED) is 0.737. The van der Waals surface area contributed by atoms with Gasteiger partial charge in [0.15, 0.2) is 5.17 Å². The van der Waals surface area contributed by atoms with Gasteiger partial charge in [-0.3, -0.25) is 9.69 Å². The normalized spacial score (nSPS) is 21.7. The van der Waals surface area contributed by atoms with Gasteiger partial charge in [0, 0.05) is 0 Å². The topological polar surface area (TPSA) is 85.3 Å². The van der Waals surface area contributed by atoms with Crippen LogP contribution in [-0.4, -0.2) is 47.4 Å². The number of ether oxygens (including phenoxy) is 2. The summed E-state index contributed by atoms with van der Waals surface area (Å²) in [5, 5.41) is 0.351. The Hall–Kier alpha value is -2.61. The van der Waals surface area contributed by atoms with E-state index in [1.165, 1.54) is 26.0 Å². The minimum Gasteiger partial charge on any atom is -0.466 e. The van der Waals surface area contributed by atoms with Crippen LogP contribution in [0.2, 0.25) is 0 Å². The fraction of sp³-hybridized carbons (Fsp3) is 0.368. The second-order valence-corrected chi connectivity index (χ2v) is 7.29. The molecule has 7 nitrogen and oxygen atoms in total. The van der Waals surface area contributed by atoms with Crippen LogP contribution in [0.1, 0.15) is 42.2 Å². The van der Waals surface area contributed by atoms with Gasteiger partial charge in [0.05, 0.1) is 42.3 Å². The third kappa shape index (κ3) is 3.25. The summed E-state index contributed by atoms with van der Waals surface area (Å²) in [5.41, 5.74) is 1.92. The molecule has 2 atom stereocenters. The lowest BCUT2D eigenvalue weighted by atomic mass is 9.93. The van der Waals surface area contributed by atoms with Crippen LogP contribution in [-0.2, 0) is 19.1 Å². The Kier molecular flexibility index (Phi) is 5.36. The van der Waals surface area contributed by atoms with Gasteiger partial charge < -0.3 is 9.47 Å². The van der Waals surface area contributed by atoms with Crippen LogP contribution in [0.15, 0.2) is 40.5 Å². The summed E-state index contributed by atoms with van der Waals surface area (Å²) in [6.07, 6.45) is 0.666. The highest BCUT2D eigenvalue weighted by molar-refractivity contribution is 8.15. The number of thioether (sulfide) groups is 1. The second-order valence-electron chi connectivity index (χ2n) is 6.12. The van der Waals surface area contributed by atoms with Gasteiger partial charge in [-0.15, -0.1) is 0 Å². The molecule has 27 heavy (non-hydrogen) atoms. The fourth-order valence-electron chi connectivity index (χ4n) is 3.19. The van der Waals surface area contributed by atoms with Crippen molar-refractivity contribution >= 4 is 34.8 Å². The maximum absolute atomic E-state index is 12.9. The molecule has 1 aromatic rings. The van der Waals surface area contributed by atoms with Crippen LogP contribution in [0.25, 0.3) is 0 Å². The third-order valence-electron chi connectivity index (χ3n) is 4.58. The van der Waals surface area contributed by atoms with Gasteiger partial charge in [0.25, 0.3) is 0 Å². The van der Waals surface area contributed by atoms with Crippen LogP contribution in [0.5, 0.6) is 0 Å². The predicted octanol–water partition coefficient (Wildman–Crippen LogP) is 2.68. The molecule has 0 spiro atoms. The van der Waals surface area contributed by atoms with Crippen molar-refractivity contribution in [3.05, 3.63) is 46.7 Å². The van der Waals surface area contributed by atoms with Gasteiger partial charge in [-0.2, -0.15) is 0 Å². The van der Waals surface area contributed by atoms with Crippen molar-refractivity contribution in [2.75, 3.05) is 14.2 Å². The van der Waals surface area contributed by atoms with E-state index in [9.17, 15) is 14.4 Å². The highest BCUT2D eigenvalue weighted by Crippen LogP contribution is 2.43. The molecular weight excluding hydrogens is 368 g/mol. The van der Waals surface area contributed by atoms with Crippen molar-refractivity contribution in [1.82, 2.24) is 4.90 Å². The van der Waals surface area contributed by atoms with E-state index >= 15 is 0 Å². The Morgan fingerprint density at radius 1 is 1.15 bits per heavy atom. The number of esters is 2. The molecule has 2 aliphatic rings. The smallest absolute Gasteiger partial charge is 0.338 e. The van der Waals surface area contributed by atoms with E-state index < -0.39 is 18.0 Å². The highest BCUT2D eigenvalue weighted by Gasteiger charge is 2.47. The number of aliphatic imine (C=N–C) groups is 1. The number of hydrogen-bond donors (Lipinski definition) is 0. The second kappa shape index (κ2) is 7.56. The van der Waals surface area contributed by atoms with Gasteiger partial charge in [-0.05, 0) is 31.0 Å². The number of allylic oxidation sites excluding steroid dienone is 1. The van der Waals surface area contributed by atoms with Crippen molar-refractivity contribution in [2.24, 2.45) is 4.99 Å². The number of fused-ring (bicyclic) bond motifs is 1. The molecule has 0 unspecified atom stereocenters. The number of rotatable bonds is 4. The first-order valence-corrected chi connectivity index (χ1v) is 9.36. The molecule has 3 rings (SSSR count). The zero-order chi connectivity index (χ0) is 19.7. The lowest BCUT2D eigenvalue weighted by Crippen LogP contribution is -2.40. The summed E-state index contributed by atoms with van der Waals surface area (Å²) in [6.45, 7) is 3.67. The third-order valence-corrected chi connectivity index (χ3v) is 5.89. The zero-order valence-electron chi connectivity index (χ0n) is 15.5. The molecule has 1 amide bonds. The maximum Gasteiger partial charge on any atom is 0.338 e. The van der Waals surface area contributed by atoms with E-state index in [1.807, 2.05) is 6.92 Å². The standard InChI is InChI=1S/C19H20N2O5S/c1-5-13-16(22)21-15(11-6-8-12(9-7-11)17(23)25-3)14(18(24)26-4)10(2)20-19(21)27-13/h6-9,13,15H,5H2,1-4H3/t13-,15+/m0/s1. The summed E-state index contributed by atoms with van der Waals surface area (Å²) in [5.74, 6) is -1.07. The van der Waals surface area contributed by atoms with E-state index in [0.29, 0.717) is 34.0 Å². The van der Waals surface area contributed by atoms with Gasteiger partial charge in [-0.1, -0.05) is 30.8 Å². The average Bonchev–Trinajstić information content (AvgIpc) is 3.01. The van der Waals surface area contributed by atoms with Crippen molar-refractivity contribution in [3.8, 4) is 0 Å². The van der Waals surface area contributed by atoms with Gasteiger partial charge in [0.1, 0.15) is 0 Å². The molecule has 8 heteroatoms. The first-order valence-electron chi connectivity index (χ1n) is 8.48. The van der Waals surface area contributed by atoms with Crippen LogP contribution in [0, 0.1) is 0 Å². The molecule has 0 radical (unpaired) electrons. The molecule has 1 saturated heterocycles. The zero-order valence-corrected chi connectivity index (χ0v) is 16.3. The van der Waals surface area contributed by atoms with E-state index in [-0.39, 0.29) is 11.2 Å². The maximum atomic E-state index is 12.9. The number of amidine groups is 1. The summed E-state index contributed by atoms with van der Waals surface area (Å²) in [6, 6.07) is 6.01. The molecule has 1 aromatic carbocycles. The summed E-state index contributed by atoms with van der Waals surface area (Å²) in [4.78, 5) is 43.1. The molecular formula is C19H20N2O5S. The highest BCUT2D eigenvalue weighted by atomic mass is 32.2. The summed E-state index contributed by atoms with van der Waals surface area (Å²) in [7, 11) is 2.61. The van der Waals surface area contributed by atoms with Gasteiger partial charge in [0.2, 0.25) is 5.91 Å². The van der Waals surface area contributed by atoms with Crippen LogP contribution in [0.4, 0.5) is 0 Å². The molecule has 0 N–H and O–H groups in total. The molecule has 0 bridgehead atoms. The number of amides is 1. The largest absolute Gasteiger partial charge is 0.466 e. The molecule has 0 saturated carbocycles. The Balaban J connectivity index is 2.10. The lowest BCUT2D eigenvalue weighted by molar-refractivity contribution is -0.137. The molecule has 142 valence electrons. The lowest BCUT2D eigenvalue weighted by Gasteiger charge is -2.32. The number of benzene rings is 1. The fourth-order valence-corrected chi connectivity index (χ4v) is 4.33. The molecule has 2 heterocycles. The van der Waals surface area contributed by atoms with Crippen molar-refractivity contribution in [3.63, 3.8) is 0 Å².